The van der Waals surface area contributed by atoms with Crippen LogP contribution in [-0.4, -0.2) is 227 Å². The van der Waals surface area contributed by atoms with Crippen LogP contribution in [0.4, 0.5) is 0 Å². The van der Waals surface area contributed by atoms with Crippen molar-refractivity contribution in [1.29, 1.82) is 0 Å². The molecule has 0 spiro atoms. The van der Waals surface area contributed by atoms with Crippen molar-refractivity contribution in [2.24, 2.45) is 58.4 Å². The maximum Gasteiger partial charge on any atom is 0.246 e. The lowest BCUT2D eigenvalue weighted by Crippen LogP contribution is -2.62. The Hall–Kier alpha value is -9.54. The van der Waals surface area contributed by atoms with Gasteiger partial charge in [-0.2, -0.15) is 0 Å². The smallest absolute Gasteiger partial charge is 0.246 e. The van der Waals surface area contributed by atoms with Crippen molar-refractivity contribution in [1.82, 2.24) is 73.6 Å². The molecule has 3 saturated heterocycles. The first kappa shape index (κ1) is 100. The van der Waals surface area contributed by atoms with E-state index in [1.54, 1.807) is 65.8 Å². The van der Waals surface area contributed by atoms with E-state index >= 15 is 14.4 Å². The molecule has 0 saturated carbocycles. The third-order valence-electron chi connectivity index (χ3n) is 21.7. The number of aromatic hydroxyl groups is 2. The Morgan fingerprint density at radius 1 is 0.303 bits per heavy atom. The van der Waals surface area contributed by atoms with Gasteiger partial charge >= 0.3 is 0 Å². The standard InChI is InChI=1S/C85H140N18O16/c1-48(2)43-62-76(110)90-60(25-15-19-39-88)75(109)100-70(52(9)10)83(117)98-66(47-55-31-35-57(105)36-32-55)85(119)102-41-21-27-67(102)79(113)96-64(45-50(5)6)77(111)91-61(26-16-20-40-89)74(108)99-69(51(7)8)81(115)92-58(23-13-17-37-86)73(107)95-63(44-49(3)4)78(112)97-65(46-54-29-33-56(104)34-30-54)84(118)103-42-22-28-68(103)80(114)101-71(53(11)12)82(116)93-59(72(106)94-62)24-14-18-38-87/h29-36,48-53,58-71,104-105H,13-28,37-47,86-89H2,1-12H3,(H,90,110)(H,91,111)(H,92,115)(H,93,116)(H,94,106)(H,95,107)(H,96,113)(H,97,112)(H,98,117)(H,99,108)(H,100,109)(H,101,114)/t58-,59-,60-,61-,62-,63-,64-,65-,66-,67-,68-,69-,70-,71-/m0/s1. The zero-order chi connectivity index (χ0) is 88.3. The Morgan fingerprint density at radius 2 is 0.529 bits per heavy atom. The number of unbranched alkanes of at least 4 members (excludes halogenated alkanes) is 4. The van der Waals surface area contributed by atoms with Gasteiger partial charge in [-0.05, 0) is 219 Å². The fourth-order valence-electron chi connectivity index (χ4n) is 15.1. The van der Waals surface area contributed by atoms with E-state index in [-0.39, 0.29) is 139 Å². The van der Waals surface area contributed by atoms with E-state index in [2.05, 4.69) is 63.8 Å². The Labute approximate surface area is 701 Å². The highest BCUT2D eigenvalue weighted by Gasteiger charge is 2.45. The average Bonchev–Trinajstić information content (AvgIpc) is 1.74. The maximum atomic E-state index is 15.3. The number of nitrogens with one attached hydrogen (secondary N) is 12. The molecule has 34 nitrogen and oxygen atoms in total. The molecule has 3 heterocycles. The topological polar surface area (TPSA) is 534 Å². The van der Waals surface area contributed by atoms with Crippen LogP contribution in [0.5, 0.6) is 11.5 Å². The normalized spacial score (nSPS) is 25.7. The number of nitrogens with two attached hydrogens (primary N) is 4. The molecular weight excluding hydrogens is 1530 g/mol. The molecule has 3 aliphatic heterocycles. The van der Waals surface area contributed by atoms with Gasteiger partial charge < -0.3 is 107 Å². The highest BCUT2D eigenvalue weighted by Crippen LogP contribution is 2.26. The number of carbonyl (C=O) groups is 14. The van der Waals surface area contributed by atoms with Gasteiger partial charge in [-0.1, -0.05) is 107 Å². The summed E-state index contributed by atoms with van der Waals surface area (Å²) in [5.41, 5.74) is 24.7. The number of benzene rings is 2. The summed E-state index contributed by atoms with van der Waals surface area (Å²) in [5.74, 6) is -13.4. The number of carbonyl (C=O) groups excluding carboxylic acids is 14. The lowest BCUT2D eigenvalue weighted by molar-refractivity contribution is -0.143. The zero-order valence-corrected chi connectivity index (χ0v) is 72.1. The first-order valence-corrected chi connectivity index (χ1v) is 43.0. The molecule has 0 unspecified atom stereocenters. The minimum absolute atomic E-state index is 0.0216. The van der Waals surface area contributed by atoms with E-state index in [0.29, 0.717) is 75.3 Å². The van der Waals surface area contributed by atoms with E-state index in [1.165, 1.54) is 34.1 Å². The first-order chi connectivity index (χ1) is 56.4. The minimum atomic E-state index is -1.40. The van der Waals surface area contributed by atoms with Crippen LogP contribution in [0.3, 0.4) is 0 Å². The number of hydrogen-bond donors (Lipinski definition) is 18. The molecule has 2 aromatic carbocycles. The molecule has 14 amide bonds. The second kappa shape index (κ2) is 50.5. The third kappa shape index (κ3) is 32.5. The zero-order valence-electron chi connectivity index (χ0n) is 72.1. The molecule has 119 heavy (non-hydrogen) atoms. The van der Waals surface area contributed by atoms with E-state index in [1.807, 2.05) is 41.5 Å². The quantitative estimate of drug-likeness (QED) is 0.0511. The van der Waals surface area contributed by atoms with Crippen LogP contribution in [0.25, 0.3) is 0 Å². The molecule has 3 aliphatic rings. The van der Waals surface area contributed by atoms with Crippen molar-refractivity contribution >= 4 is 82.7 Å². The van der Waals surface area contributed by atoms with Gasteiger partial charge in [0.25, 0.3) is 0 Å². The highest BCUT2D eigenvalue weighted by atomic mass is 16.3. The summed E-state index contributed by atoms with van der Waals surface area (Å²) < 4.78 is 0. The van der Waals surface area contributed by atoms with Crippen molar-refractivity contribution in [3.63, 3.8) is 0 Å². The Bertz CT molecular complexity index is 3660. The largest absolute Gasteiger partial charge is 0.508 e. The molecule has 2 aromatic rings. The molecule has 0 aliphatic carbocycles. The Balaban J connectivity index is 1.65. The predicted molar refractivity (Wildman–Crippen MR) is 451 cm³/mol. The van der Waals surface area contributed by atoms with Crippen LogP contribution < -0.4 is 86.7 Å². The summed E-state index contributed by atoms with van der Waals surface area (Å²) in [6.45, 7) is 22.0. The second-order valence-electron chi connectivity index (χ2n) is 34.4. The molecule has 34 heteroatoms. The summed E-state index contributed by atoms with van der Waals surface area (Å²) in [7, 11) is 0. The van der Waals surface area contributed by atoms with Crippen molar-refractivity contribution in [3.8, 4) is 11.5 Å². The molecule has 14 atom stereocenters. The van der Waals surface area contributed by atoms with Gasteiger partial charge in [-0.3, -0.25) is 67.1 Å². The molecule has 666 valence electrons. The maximum absolute atomic E-state index is 15.3. The summed E-state index contributed by atoms with van der Waals surface area (Å²) in [6.07, 6.45) is 3.90. The average molecular weight is 1670 g/mol. The Morgan fingerprint density at radius 3 is 0.807 bits per heavy atom. The van der Waals surface area contributed by atoms with Gasteiger partial charge in [0.2, 0.25) is 82.7 Å². The van der Waals surface area contributed by atoms with Crippen LogP contribution >= 0.6 is 0 Å². The summed E-state index contributed by atoms with van der Waals surface area (Å²) in [4.78, 5) is 212. The van der Waals surface area contributed by atoms with Crippen molar-refractivity contribution in [3.05, 3.63) is 59.7 Å². The predicted octanol–water partition coefficient (Wildman–Crippen LogP) is 1.32. The fraction of sp³-hybridized carbons (Fsp3) is 0.694. The molecular formula is C85H140N18O16. The van der Waals surface area contributed by atoms with E-state index in [0.717, 1.165) is 0 Å². The van der Waals surface area contributed by atoms with Crippen molar-refractivity contribution in [2.45, 2.75) is 303 Å². The SMILES string of the molecule is CC(C)C[C@@H]1NC(=O)[C@H](CCCCN)NC(=O)[C@H](C(C)C)NC(=O)[C@@H]2CCCN2C(=O)[C@H](Cc2ccc(O)cc2)NC(=O)[C@H](CC(C)C)NC(=O)[C@H](CCCCN)NC(=O)[C@H](C(C)C)NC(=O)[C@H](CCCCN)NC(=O)[C@H](CC(C)C)NC(=O)[C@@H]2CCCN2C(=O)[C@H](Cc2ccc(O)cc2)NC(=O)[C@H](C(C)C)NC(=O)[C@H](CCCCN)NC1=O. The lowest BCUT2D eigenvalue weighted by Gasteiger charge is -2.32. The van der Waals surface area contributed by atoms with Crippen molar-refractivity contribution in [2.75, 3.05) is 39.3 Å². The van der Waals surface area contributed by atoms with E-state index < -0.39 is 185 Å². The van der Waals surface area contributed by atoms with Crippen LogP contribution in [0.15, 0.2) is 48.5 Å². The first-order valence-electron chi connectivity index (χ1n) is 43.0. The van der Waals surface area contributed by atoms with Gasteiger partial charge in [-0.15, -0.1) is 0 Å². The van der Waals surface area contributed by atoms with Crippen molar-refractivity contribution < 1.29 is 77.3 Å². The Kier molecular flexibility index (Phi) is 42.5. The van der Waals surface area contributed by atoms with E-state index in [4.69, 9.17) is 22.9 Å². The summed E-state index contributed by atoms with van der Waals surface area (Å²) in [5, 5.41) is 54.6. The summed E-state index contributed by atoms with van der Waals surface area (Å²) >= 11 is 0. The molecule has 0 bridgehead atoms. The van der Waals surface area contributed by atoms with Gasteiger partial charge in [0.1, 0.15) is 96.1 Å². The van der Waals surface area contributed by atoms with Gasteiger partial charge in [-0.25, -0.2) is 0 Å². The number of nitrogens with zero attached hydrogens (tertiary/aromatic N) is 2. The van der Waals surface area contributed by atoms with Crippen LogP contribution in [0, 0.1) is 35.5 Å². The number of fused-ring (bicyclic) bond motifs is 2. The molecule has 22 N–H and O–H groups in total. The fourth-order valence-corrected chi connectivity index (χ4v) is 15.1. The number of rotatable bonds is 29. The monoisotopic (exact) mass is 1670 g/mol. The number of phenolic OH excluding ortho intramolecular Hbond substituents is 2. The van der Waals surface area contributed by atoms with Crippen LogP contribution in [-0.2, 0) is 80.0 Å². The highest BCUT2D eigenvalue weighted by molar-refractivity contribution is 6.01. The number of amides is 14. The second-order valence-corrected chi connectivity index (χ2v) is 34.4. The third-order valence-corrected chi connectivity index (χ3v) is 21.7. The molecule has 5 rings (SSSR count). The molecule has 0 radical (unpaired) electrons. The number of phenols is 2. The van der Waals surface area contributed by atoms with Gasteiger partial charge in [0.15, 0.2) is 0 Å². The lowest BCUT2D eigenvalue weighted by atomic mass is 9.98. The van der Waals surface area contributed by atoms with Crippen LogP contribution in [0.2, 0.25) is 0 Å². The van der Waals surface area contributed by atoms with Crippen LogP contribution in [0.1, 0.15) is 216 Å². The van der Waals surface area contributed by atoms with Gasteiger partial charge in [0.05, 0.1) is 0 Å². The minimum Gasteiger partial charge on any atom is -0.508 e. The number of hydrogen-bond acceptors (Lipinski definition) is 20. The summed E-state index contributed by atoms with van der Waals surface area (Å²) in [6, 6.07) is -6.54. The molecule has 3 fully saturated rings. The molecule has 0 aromatic heterocycles. The van der Waals surface area contributed by atoms with Gasteiger partial charge in [0, 0.05) is 25.9 Å². The van der Waals surface area contributed by atoms with E-state index in [9.17, 15) is 63.0 Å².